The molecule has 1 aliphatic rings. The Balaban J connectivity index is 1.29. The van der Waals surface area contributed by atoms with Crippen LogP contribution in [0.5, 0.6) is 5.75 Å². The summed E-state index contributed by atoms with van der Waals surface area (Å²) in [6, 6.07) is 32.9. The standard InChI is InChI=1S/C34H36N2O5S/c1-23-30(22-42-31-11-7-6-10-29(31)39-2)40-33(41-32(23)26-14-12-25(21-37)13-15-26)27-16-18-28(19-17-27)36-34(38)35-20-24-8-4-3-5-9-24/h3-19,23,30,32-33,37H,20-22H2,1-2H3,(H2,35,36,38). The van der Waals surface area contributed by atoms with E-state index >= 15 is 0 Å². The van der Waals surface area contributed by atoms with Gasteiger partial charge in [0.2, 0.25) is 0 Å². The molecular formula is C34H36N2O5S. The van der Waals surface area contributed by atoms with E-state index in [1.54, 1.807) is 18.9 Å². The van der Waals surface area contributed by atoms with Crippen LogP contribution in [0.15, 0.2) is 108 Å². The average molecular weight is 585 g/mol. The summed E-state index contributed by atoms with van der Waals surface area (Å²) in [5.74, 6) is 1.62. The van der Waals surface area contributed by atoms with Crippen LogP contribution < -0.4 is 15.4 Å². The lowest BCUT2D eigenvalue weighted by molar-refractivity contribution is -0.268. The summed E-state index contributed by atoms with van der Waals surface area (Å²) >= 11 is 1.70. The molecule has 4 atom stereocenters. The normalized spacial score (nSPS) is 20.1. The Morgan fingerprint density at radius 2 is 1.55 bits per heavy atom. The van der Waals surface area contributed by atoms with Crippen molar-refractivity contribution in [2.75, 3.05) is 18.2 Å². The van der Waals surface area contributed by atoms with Gasteiger partial charge in [0.1, 0.15) is 5.75 Å². The van der Waals surface area contributed by atoms with Crippen molar-refractivity contribution in [3.8, 4) is 5.75 Å². The number of aliphatic hydroxyl groups is 1. The topological polar surface area (TPSA) is 89.1 Å². The Morgan fingerprint density at radius 3 is 2.26 bits per heavy atom. The van der Waals surface area contributed by atoms with Crippen molar-refractivity contribution in [1.82, 2.24) is 5.32 Å². The van der Waals surface area contributed by atoms with Gasteiger partial charge in [0.05, 0.1) is 25.9 Å². The van der Waals surface area contributed by atoms with Gasteiger partial charge in [-0.3, -0.25) is 0 Å². The second-order valence-corrected chi connectivity index (χ2v) is 11.3. The highest BCUT2D eigenvalue weighted by Crippen LogP contribution is 2.43. The number of methoxy groups -OCH3 is 1. The number of amides is 2. The zero-order valence-electron chi connectivity index (χ0n) is 23.7. The van der Waals surface area contributed by atoms with Gasteiger partial charge >= 0.3 is 6.03 Å². The van der Waals surface area contributed by atoms with Gasteiger partial charge < -0.3 is 30.0 Å². The van der Waals surface area contributed by atoms with Gasteiger partial charge in [0, 0.05) is 34.4 Å². The molecule has 4 unspecified atom stereocenters. The molecule has 7 nitrogen and oxygen atoms in total. The number of carbonyl (C=O) groups is 1. The van der Waals surface area contributed by atoms with Gasteiger partial charge in [-0.25, -0.2) is 4.79 Å². The molecule has 1 fully saturated rings. The molecule has 0 spiro atoms. The minimum absolute atomic E-state index is 0.00404. The molecule has 0 saturated carbocycles. The van der Waals surface area contributed by atoms with E-state index < -0.39 is 6.29 Å². The zero-order valence-corrected chi connectivity index (χ0v) is 24.6. The Labute approximate surface area is 251 Å². The van der Waals surface area contributed by atoms with E-state index in [0.29, 0.717) is 18.0 Å². The lowest BCUT2D eigenvalue weighted by atomic mass is 9.91. The summed E-state index contributed by atoms with van der Waals surface area (Å²) in [5.41, 5.74) is 4.46. The number of hydrogen-bond acceptors (Lipinski definition) is 6. The van der Waals surface area contributed by atoms with Crippen LogP contribution in [0, 0.1) is 5.92 Å². The summed E-state index contributed by atoms with van der Waals surface area (Å²) in [6.45, 7) is 2.59. The van der Waals surface area contributed by atoms with E-state index in [1.807, 2.05) is 97.1 Å². The molecule has 8 heteroatoms. The third-order valence-electron chi connectivity index (χ3n) is 7.33. The Hall–Kier alpha value is -3.82. The average Bonchev–Trinajstić information content (AvgIpc) is 3.04. The molecule has 2 amide bonds. The maximum Gasteiger partial charge on any atom is 0.319 e. The van der Waals surface area contributed by atoms with Crippen molar-refractivity contribution in [2.24, 2.45) is 5.92 Å². The van der Waals surface area contributed by atoms with Crippen molar-refractivity contribution in [3.63, 3.8) is 0 Å². The molecular weight excluding hydrogens is 548 g/mol. The molecule has 0 radical (unpaired) electrons. The Morgan fingerprint density at radius 1 is 0.857 bits per heavy atom. The Bertz CT molecular complexity index is 1430. The van der Waals surface area contributed by atoms with Crippen LogP contribution in [0.4, 0.5) is 10.5 Å². The predicted molar refractivity (Wildman–Crippen MR) is 165 cm³/mol. The number of ether oxygens (including phenoxy) is 3. The fourth-order valence-electron chi connectivity index (χ4n) is 4.90. The monoisotopic (exact) mass is 584 g/mol. The van der Waals surface area contributed by atoms with Crippen molar-refractivity contribution in [1.29, 1.82) is 0 Å². The number of benzene rings is 4. The molecule has 1 heterocycles. The number of anilines is 1. The summed E-state index contributed by atoms with van der Waals surface area (Å²) in [7, 11) is 1.68. The minimum atomic E-state index is -0.590. The van der Waals surface area contributed by atoms with Gasteiger partial charge in [-0.1, -0.05) is 85.8 Å². The molecule has 5 rings (SSSR count). The SMILES string of the molecule is COc1ccccc1SCC1OC(c2ccc(NC(=O)NCc3ccccc3)cc2)OC(c2ccc(CO)cc2)C1C. The van der Waals surface area contributed by atoms with Crippen LogP contribution in [0.25, 0.3) is 0 Å². The summed E-state index contributed by atoms with van der Waals surface area (Å²) in [5, 5.41) is 15.3. The van der Waals surface area contributed by atoms with Crippen molar-refractivity contribution in [3.05, 3.63) is 125 Å². The molecule has 0 aromatic heterocycles. The van der Waals surface area contributed by atoms with Crippen molar-refractivity contribution >= 4 is 23.5 Å². The number of carbonyl (C=O) groups excluding carboxylic acids is 1. The van der Waals surface area contributed by atoms with Crippen molar-refractivity contribution < 1.29 is 24.1 Å². The van der Waals surface area contributed by atoms with Crippen LogP contribution >= 0.6 is 11.8 Å². The van der Waals surface area contributed by atoms with Crippen LogP contribution in [0.2, 0.25) is 0 Å². The van der Waals surface area contributed by atoms with E-state index in [2.05, 4.69) is 23.6 Å². The van der Waals surface area contributed by atoms with E-state index in [-0.39, 0.29) is 30.8 Å². The Kier molecular flexibility index (Phi) is 10.2. The van der Waals surface area contributed by atoms with Gasteiger partial charge in [-0.15, -0.1) is 11.8 Å². The van der Waals surface area contributed by atoms with Gasteiger partial charge in [-0.05, 0) is 41.0 Å². The van der Waals surface area contributed by atoms with Crippen LogP contribution in [-0.4, -0.2) is 30.1 Å². The molecule has 42 heavy (non-hydrogen) atoms. The highest BCUT2D eigenvalue weighted by molar-refractivity contribution is 7.99. The third-order valence-corrected chi connectivity index (χ3v) is 8.48. The third kappa shape index (κ3) is 7.52. The smallest absolute Gasteiger partial charge is 0.319 e. The molecule has 1 aliphatic heterocycles. The second-order valence-electron chi connectivity index (χ2n) is 10.2. The summed E-state index contributed by atoms with van der Waals surface area (Å²) in [6.07, 6.45) is -0.906. The number of thioether (sulfide) groups is 1. The number of urea groups is 1. The summed E-state index contributed by atoms with van der Waals surface area (Å²) in [4.78, 5) is 13.5. The minimum Gasteiger partial charge on any atom is -0.496 e. The first-order valence-electron chi connectivity index (χ1n) is 14.0. The summed E-state index contributed by atoms with van der Waals surface area (Å²) < 4.78 is 18.7. The fourth-order valence-corrected chi connectivity index (χ4v) is 6.09. The van der Waals surface area contributed by atoms with E-state index in [9.17, 15) is 9.90 Å². The molecule has 4 aromatic carbocycles. The van der Waals surface area contributed by atoms with Crippen LogP contribution in [-0.2, 0) is 22.6 Å². The number of aliphatic hydroxyl groups excluding tert-OH is 1. The zero-order chi connectivity index (χ0) is 29.3. The van der Waals surface area contributed by atoms with E-state index in [1.165, 1.54) is 0 Å². The van der Waals surface area contributed by atoms with Gasteiger partial charge in [0.25, 0.3) is 0 Å². The first-order valence-corrected chi connectivity index (χ1v) is 15.0. The quantitative estimate of drug-likeness (QED) is 0.173. The van der Waals surface area contributed by atoms with Crippen LogP contribution in [0.3, 0.4) is 0 Å². The molecule has 1 saturated heterocycles. The number of nitrogens with one attached hydrogen (secondary N) is 2. The highest BCUT2D eigenvalue weighted by Gasteiger charge is 2.38. The number of rotatable bonds is 10. The van der Waals surface area contributed by atoms with Gasteiger partial charge in [-0.2, -0.15) is 0 Å². The molecule has 4 aromatic rings. The van der Waals surface area contributed by atoms with Crippen molar-refractivity contribution in [2.45, 2.75) is 43.5 Å². The molecule has 0 aliphatic carbocycles. The predicted octanol–water partition coefficient (Wildman–Crippen LogP) is 7.09. The highest BCUT2D eigenvalue weighted by atomic mass is 32.2. The molecule has 0 bridgehead atoms. The fraction of sp³-hybridized carbons (Fsp3) is 0.265. The second kappa shape index (κ2) is 14.4. The van der Waals surface area contributed by atoms with Crippen LogP contribution in [0.1, 0.15) is 41.6 Å². The lowest BCUT2D eigenvalue weighted by Crippen LogP contribution is -2.38. The first kappa shape index (κ1) is 29.7. The largest absolute Gasteiger partial charge is 0.496 e. The van der Waals surface area contributed by atoms with E-state index in [0.717, 1.165) is 32.9 Å². The maximum absolute atomic E-state index is 12.4. The maximum atomic E-state index is 12.4. The lowest BCUT2D eigenvalue weighted by Gasteiger charge is -2.41. The first-order chi connectivity index (χ1) is 20.5. The number of hydrogen-bond donors (Lipinski definition) is 3. The van der Waals surface area contributed by atoms with E-state index in [4.69, 9.17) is 14.2 Å². The molecule has 3 N–H and O–H groups in total. The molecule has 218 valence electrons. The number of para-hydroxylation sites is 1. The van der Waals surface area contributed by atoms with Gasteiger partial charge in [0.15, 0.2) is 6.29 Å².